The number of amidine groups is 1. The number of aliphatic imine (C=N–C) groups is 1. The number of unbranched alkanes of at least 4 members (excludes halogenated alkanes) is 5. The van der Waals surface area contributed by atoms with Crippen LogP contribution < -0.4 is 16.4 Å². The van der Waals surface area contributed by atoms with Gasteiger partial charge in [0.25, 0.3) is 0 Å². The minimum atomic E-state index is 0.260. The normalized spacial score (nSPS) is 11.5. The molecule has 1 heterocycles. The van der Waals surface area contributed by atoms with Crippen LogP contribution in [0.1, 0.15) is 82.0 Å². The molecule has 0 aliphatic heterocycles. The summed E-state index contributed by atoms with van der Waals surface area (Å²) in [7, 11) is 0. The van der Waals surface area contributed by atoms with Crippen molar-refractivity contribution in [3.63, 3.8) is 0 Å². The summed E-state index contributed by atoms with van der Waals surface area (Å²) in [5.41, 5.74) is 9.54. The Morgan fingerprint density at radius 3 is 2.42 bits per heavy atom. The fraction of sp³-hybridized carbons (Fsp3) is 0.500. The summed E-state index contributed by atoms with van der Waals surface area (Å²) in [5.74, 6) is 1.63. The van der Waals surface area contributed by atoms with Crippen LogP contribution >= 0.6 is 11.6 Å². The number of nitrogen functional groups attached to an aromatic ring is 1. The van der Waals surface area contributed by atoms with E-state index < -0.39 is 0 Å². The Morgan fingerprint density at radius 2 is 1.73 bits per heavy atom. The minimum Gasteiger partial charge on any atom is -0.382 e. The molecular weight excluding hydrogens is 432 g/mol. The van der Waals surface area contributed by atoms with Crippen LogP contribution in [0.3, 0.4) is 0 Å². The molecule has 0 unspecified atom stereocenters. The molecule has 6 nitrogen and oxygen atoms in total. The molecule has 7 heteroatoms. The first-order valence-corrected chi connectivity index (χ1v) is 12.4. The molecule has 1 aromatic heterocycles. The molecule has 2 rings (SSSR count). The zero-order valence-electron chi connectivity index (χ0n) is 20.4. The Bertz CT molecular complexity index is 908. The fourth-order valence-corrected chi connectivity index (χ4v) is 3.61. The third-order valence-electron chi connectivity index (χ3n) is 5.34. The monoisotopic (exact) mass is 470 g/mol. The lowest BCUT2D eigenvalue weighted by atomic mass is 10.1. The van der Waals surface area contributed by atoms with Gasteiger partial charge in [0, 0.05) is 19.5 Å². The van der Waals surface area contributed by atoms with E-state index in [0.717, 1.165) is 37.2 Å². The molecule has 0 amide bonds. The predicted molar refractivity (Wildman–Crippen MR) is 143 cm³/mol. The average molecular weight is 471 g/mol. The summed E-state index contributed by atoms with van der Waals surface area (Å²) in [4.78, 5) is 13.6. The van der Waals surface area contributed by atoms with Gasteiger partial charge in [-0.15, -0.1) is 0 Å². The molecule has 33 heavy (non-hydrogen) atoms. The molecule has 0 bridgehead atoms. The van der Waals surface area contributed by atoms with Gasteiger partial charge in [0.1, 0.15) is 11.5 Å². The highest BCUT2D eigenvalue weighted by molar-refractivity contribution is 6.31. The van der Waals surface area contributed by atoms with E-state index in [9.17, 15) is 0 Å². The summed E-state index contributed by atoms with van der Waals surface area (Å²) in [6.45, 7) is 11.9. The molecule has 0 aliphatic carbocycles. The van der Waals surface area contributed by atoms with Gasteiger partial charge in [0.2, 0.25) is 0 Å². The first kappa shape index (κ1) is 26.7. The second-order valence-corrected chi connectivity index (χ2v) is 8.74. The molecule has 180 valence electrons. The van der Waals surface area contributed by atoms with Gasteiger partial charge in [-0.25, -0.2) is 9.97 Å². The van der Waals surface area contributed by atoms with Gasteiger partial charge in [-0.3, -0.25) is 4.99 Å². The van der Waals surface area contributed by atoms with E-state index in [1.165, 1.54) is 37.7 Å². The number of nitrogens with zero attached hydrogens (tertiary/aromatic N) is 3. The molecular formula is C26H39ClN6. The highest BCUT2D eigenvalue weighted by Gasteiger charge is 2.14. The number of hydrogen-bond donors (Lipinski definition) is 3. The fourth-order valence-electron chi connectivity index (χ4n) is 3.41. The second-order valence-electron chi connectivity index (χ2n) is 8.39. The SMILES string of the molecule is C=C(NC(CCC)=NCCCCCCCC)c1nc(Cl)c(NCc2ccc(C)cc2)nc1N. The van der Waals surface area contributed by atoms with Crippen LogP contribution in [-0.4, -0.2) is 22.3 Å². The summed E-state index contributed by atoms with van der Waals surface area (Å²) in [6, 6.07) is 8.26. The van der Waals surface area contributed by atoms with Gasteiger partial charge in [-0.05, 0) is 25.3 Å². The van der Waals surface area contributed by atoms with Crippen molar-refractivity contribution in [2.75, 3.05) is 17.6 Å². The summed E-state index contributed by atoms with van der Waals surface area (Å²) in [5, 5.41) is 6.76. The lowest BCUT2D eigenvalue weighted by Crippen LogP contribution is -2.23. The number of halogens is 1. The van der Waals surface area contributed by atoms with Gasteiger partial charge < -0.3 is 16.4 Å². The van der Waals surface area contributed by atoms with Gasteiger partial charge in [0.05, 0.1) is 5.70 Å². The van der Waals surface area contributed by atoms with E-state index in [4.69, 9.17) is 22.3 Å². The number of hydrogen-bond acceptors (Lipinski definition) is 5. The highest BCUT2D eigenvalue weighted by atomic mass is 35.5. The Hall–Kier alpha value is -2.60. The molecule has 2 aromatic rings. The smallest absolute Gasteiger partial charge is 0.172 e. The van der Waals surface area contributed by atoms with E-state index in [1.807, 2.05) is 0 Å². The molecule has 0 fully saturated rings. The van der Waals surface area contributed by atoms with Crippen molar-refractivity contribution in [3.05, 3.63) is 52.8 Å². The Kier molecular flexibility index (Phi) is 11.7. The lowest BCUT2D eigenvalue weighted by molar-refractivity contribution is 0.611. The maximum Gasteiger partial charge on any atom is 0.172 e. The van der Waals surface area contributed by atoms with E-state index in [1.54, 1.807) is 0 Å². The van der Waals surface area contributed by atoms with Crippen LogP contribution in [0.25, 0.3) is 5.70 Å². The highest BCUT2D eigenvalue weighted by Crippen LogP contribution is 2.24. The lowest BCUT2D eigenvalue weighted by Gasteiger charge is -2.15. The summed E-state index contributed by atoms with van der Waals surface area (Å²) >= 11 is 6.40. The Labute approximate surface area is 204 Å². The number of nitrogens with one attached hydrogen (secondary N) is 2. The zero-order chi connectivity index (χ0) is 24.1. The van der Waals surface area contributed by atoms with Crippen molar-refractivity contribution >= 4 is 34.8 Å². The number of nitrogens with two attached hydrogens (primary N) is 1. The molecule has 0 saturated carbocycles. The third-order valence-corrected chi connectivity index (χ3v) is 5.61. The number of benzene rings is 1. The molecule has 0 radical (unpaired) electrons. The standard InChI is InChI=1S/C26H39ClN6/c1-5-7-8-9-10-11-17-29-22(12-6-2)31-20(4)23-25(28)33-26(24(27)32-23)30-18-21-15-13-19(3)14-16-21/h13-16H,4-12,17-18H2,1-3H3,(H,29,31)(H3,28,30,33). The zero-order valence-corrected chi connectivity index (χ0v) is 21.1. The van der Waals surface area contributed by atoms with Crippen molar-refractivity contribution in [2.45, 2.75) is 78.7 Å². The quantitative estimate of drug-likeness (QED) is 0.161. The maximum atomic E-state index is 6.40. The third kappa shape index (κ3) is 9.42. The van der Waals surface area contributed by atoms with Crippen molar-refractivity contribution in [2.24, 2.45) is 4.99 Å². The second kappa shape index (κ2) is 14.5. The summed E-state index contributed by atoms with van der Waals surface area (Å²) < 4.78 is 0. The molecule has 0 aliphatic rings. The molecule has 1 aromatic carbocycles. The average Bonchev–Trinajstić information content (AvgIpc) is 2.79. The first-order chi connectivity index (χ1) is 15.9. The number of aryl methyl sites for hydroxylation is 1. The van der Waals surface area contributed by atoms with Crippen LogP contribution in [0.2, 0.25) is 5.15 Å². The van der Waals surface area contributed by atoms with Crippen LogP contribution in [0.15, 0.2) is 35.8 Å². The van der Waals surface area contributed by atoms with Gasteiger partial charge in [-0.2, -0.15) is 0 Å². The van der Waals surface area contributed by atoms with E-state index in [-0.39, 0.29) is 11.0 Å². The van der Waals surface area contributed by atoms with Crippen molar-refractivity contribution in [1.29, 1.82) is 0 Å². The van der Waals surface area contributed by atoms with Crippen molar-refractivity contribution in [1.82, 2.24) is 15.3 Å². The molecule has 0 saturated heterocycles. The Morgan fingerprint density at radius 1 is 1.03 bits per heavy atom. The largest absolute Gasteiger partial charge is 0.382 e. The van der Waals surface area contributed by atoms with E-state index >= 15 is 0 Å². The topological polar surface area (TPSA) is 88.2 Å². The first-order valence-electron chi connectivity index (χ1n) is 12.1. The van der Waals surface area contributed by atoms with Gasteiger partial charge in [-0.1, -0.05) is 94.0 Å². The summed E-state index contributed by atoms with van der Waals surface area (Å²) in [6.07, 6.45) is 9.31. The molecule has 4 N–H and O–H groups in total. The van der Waals surface area contributed by atoms with Crippen LogP contribution in [0, 0.1) is 6.92 Å². The van der Waals surface area contributed by atoms with Gasteiger partial charge >= 0.3 is 0 Å². The minimum absolute atomic E-state index is 0.260. The number of anilines is 2. The number of rotatable bonds is 14. The Balaban J connectivity index is 1.96. The molecule has 0 atom stereocenters. The maximum absolute atomic E-state index is 6.40. The van der Waals surface area contributed by atoms with Crippen LogP contribution in [0.4, 0.5) is 11.6 Å². The van der Waals surface area contributed by atoms with Crippen molar-refractivity contribution in [3.8, 4) is 0 Å². The van der Waals surface area contributed by atoms with Crippen LogP contribution in [-0.2, 0) is 6.54 Å². The van der Waals surface area contributed by atoms with Crippen LogP contribution in [0.5, 0.6) is 0 Å². The van der Waals surface area contributed by atoms with Gasteiger partial charge in [0.15, 0.2) is 16.8 Å². The predicted octanol–water partition coefficient (Wildman–Crippen LogP) is 6.75. The van der Waals surface area contributed by atoms with E-state index in [2.05, 4.69) is 72.2 Å². The number of aromatic nitrogens is 2. The molecule has 0 spiro atoms. The van der Waals surface area contributed by atoms with Crippen molar-refractivity contribution < 1.29 is 0 Å². The van der Waals surface area contributed by atoms with E-state index in [0.29, 0.717) is 23.8 Å².